The third kappa shape index (κ3) is 5.88. The molecule has 182 valence electrons. The molecule has 4 atom stereocenters. The first-order valence-corrected chi connectivity index (χ1v) is 12.9. The minimum absolute atomic E-state index is 0.0637. The average Bonchev–Trinajstić information content (AvgIpc) is 2.84. The fourth-order valence-electron chi connectivity index (χ4n) is 6.08. The number of hydrogen-bond acceptors (Lipinski definition) is 4. The molecule has 1 saturated heterocycles. The molecule has 3 rings (SSSR count). The number of esters is 1. The minimum atomic E-state index is -0.632. The van der Waals surface area contributed by atoms with Crippen LogP contribution in [-0.2, 0) is 14.3 Å². The zero-order valence-corrected chi connectivity index (χ0v) is 21.2. The van der Waals surface area contributed by atoms with Gasteiger partial charge in [-0.05, 0) is 91.4 Å². The number of fused-ring (bicyclic) bond motifs is 1. The molecule has 0 radical (unpaired) electrons. The molecule has 0 aromatic carbocycles. The lowest BCUT2D eigenvalue weighted by molar-refractivity contribution is -0.197. The number of hydrogen-bond donors (Lipinski definition) is 0. The lowest BCUT2D eigenvalue weighted by atomic mass is 9.47. The van der Waals surface area contributed by atoms with Crippen LogP contribution in [0.2, 0.25) is 0 Å². The maximum Gasteiger partial charge on any atom is 0.332 e. The normalized spacial score (nSPS) is 32.2. The molecule has 4 heteroatoms. The molecule has 33 heavy (non-hydrogen) atoms. The van der Waals surface area contributed by atoms with Crippen molar-refractivity contribution >= 4 is 12.3 Å². The molecular weight excluding hydrogens is 410 g/mol. The number of nitrogens with zero attached hydrogens (tertiary/aromatic N) is 1. The van der Waals surface area contributed by atoms with Gasteiger partial charge in [0.25, 0.3) is 0 Å². The van der Waals surface area contributed by atoms with E-state index in [2.05, 4.69) is 44.4 Å². The smallest absolute Gasteiger partial charge is 0.332 e. The first-order chi connectivity index (χ1) is 15.8. The molecule has 1 heterocycles. The van der Waals surface area contributed by atoms with Crippen molar-refractivity contribution < 1.29 is 14.3 Å². The van der Waals surface area contributed by atoms with E-state index in [1.165, 1.54) is 30.4 Å². The van der Waals surface area contributed by atoms with E-state index in [4.69, 9.17) is 4.74 Å². The molecule has 0 aromatic rings. The maximum atomic E-state index is 13.0. The topological polar surface area (TPSA) is 46.6 Å². The summed E-state index contributed by atoms with van der Waals surface area (Å²) in [6.07, 6.45) is 15.7. The van der Waals surface area contributed by atoms with Gasteiger partial charge >= 0.3 is 5.97 Å². The van der Waals surface area contributed by atoms with Gasteiger partial charge in [-0.25, -0.2) is 4.79 Å². The van der Waals surface area contributed by atoms with Gasteiger partial charge in [0.15, 0.2) is 0 Å². The summed E-state index contributed by atoms with van der Waals surface area (Å²) in [4.78, 5) is 28.0. The Labute approximate surface area is 200 Å². The average molecular weight is 454 g/mol. The molecule has 3 aliphatic rings. The standard InChI is InChI=1S/C29H43NO3/c1-21(2)11-10-16-29(20-31)25-15-14-22(3)12-9-13-23(4)27(25)28(29)33-26(32)19-24(5)30-17-7-6-8-18-30/h11-12,19-20,25,27-28H,4,6-10,13-18H2,1-3,5H3/b22-12-,24-19-/t25-,27-,28+,29-/m0/s1. The lowest BCUT2D eigenvalue weighted by Crippen LogP contribution is -2.63. The predicted molar refractivity (Wildman–Crippen MR) is 135 cm³/mol. The van der Waals surface area contributed by atoms with Gasteiger partial charge < -0.3 is 14.4 Å². The second kappa shape index (κ2) is 11.4. The van der Waals surface area contributed by atoms with Crippen molar-refractivity contribution in [3.63, 3.8) is 0 Å². The highest BCUT2D eigenvalue weighted by Gasteiger charge is 2.63. The highest BCUT2D eigenvalue weighted by atomic mass is 16.5. The van der Waals surface area contributed by atoms with Crippen molar-refractivity contribution in [1.29, 1.82) is 0 Å². The monoisotopic (exact) mass is 453 g/mol. The predicted octanol–water partition coefficient (Wildman–Crippen LogP) is 6.54. The van der Waals surface area contributed by atoms with Gasteiger partial charge in [0.2, 0.25) is 0 Å². The summed E-state index contributed by atoms with van der Waals surface area (Å²) in [5.41, 5.74) is 4.09. The van der Waals surface area contributed by atoms with Crippen LogP contribution in [0.15, 0.2) is 47.2 Å². The number of carbonyl (C=O) groups is 2. The summed E-state index contributed by atoms with van der Waals surface area (Å²) < 4.78 is 6.14. The Hall–Kier alpha value is -2.10. The van der Waals surface area contributed by atoms with E-state index < -0.39 is 11.5 Å². The molecule has 0 spiro atoms. The van der Waals surface area contributed by atoms with Crippen LogP contribution in [0.5, 0.6) is 0 Å². The Morgan fingerprint density at radius 1 is 1.21 bits per heavy atom. The van der Waals surface area contributed by atoms with Crippen molar-refractivity contribution in [2.45, 2.75) is 91.6 Å². The first kappa shape index (κ1) is 25.5. The fourth-order valence-corrected chi connectivity index (χ4v) is 6.08. The second-order valence-electron chi connectivity index (χ2n) is 10.7. The molecule has 2 aliphatic carbocycles. The van der Waals surface area contributed by atoms with Gasteiger partial charge in [-0.3, -0.25) is 0 Å². The van der Waals surface area contributed by atoms with Gasteiger partial charge in [0.05, 0.1) is 5.41 Å². The van der Waals surface area contributed by atoms with Crippen molar-refractivity contribution in [2.24, 2.45) is 17.3 Å². The Bertz CT molecular complexity index is 826. The highest BCUT2D eigenvalue weighted by Crippen LogP contribution is 2.60. The van der Waals surface area contributed by atoms with Gasteiger partial charge in [-0.2, -0.15) is 0 Å². The zero-order chi connectivity index (χ0) is 24.0. The third-order valence-electron chi connectivity index (χ3n) is 8.03. The molecule has 0 N–H and O–H groups in total. The summed E-state index contributed by atoms with van der Waals surface area (Å²) in [6.45, 7) is 14.7. The van der Waals surface area contributed by atoms with E-state index in [9.17, 15) is 9.59 Å². The molecule has 0 amide bonds. The van der Waals surface area contributed by atoms with Crippen LogP contribution in [0.4, 0.5) is 0 Å². The SMILES string of the molecule is C=C1CC/C=C(/C)CC[C@H]2[C@H]1[C@@H](OC(=O)/C=C(/C)N1CCCCC1)[C@]2(C=O)CCC=C(C)C. The summed E-state index contributed by atoms with van der Waals surface area (Å²) >= 11 is 0. The second-order valence-corrected chi connectivity index (χ2v) is 10.7. The molecule has 0 aromatic heterocycles. The number of allylic oxidation sites excluding steroid dienone is 5. The largest absolute Gasteiger partial charge is 0.457 e. The Balaban J connectivity index is 1.84. The fraction of sp³-hybridized carbons (Fsp3) is 0.655. The van der Waals surface area contributed by atoms with Crippen molar-refractivity contribution in [2.75, 3.05) is 13.1 Å². The third-order valence-corrected chi connectivity index (χ3v) is 8.03. The van der Waals surface area contributed by atoms with E-state index in [1.54, 1.807) is 6.08 Å². The Kier molecular flexibility index (Phi) is 8.78. The molecule has 1 aliphatic heterocycles. The Morgan fingerprint density at radius 2 is 1.94 bits per heavy atom. The van der Waals surface area contributed by atoms with Crippen LogP contribution in [0.1, 0.15) is 85.5 Å². The number of rotatable bonds is 7. The summed E-state index contributed by atoms with van der Waals surface area (Å²) in [5.74, 6) is -0.0785. The van der Waals surface area contributed by atoms with Gasteiger partial charge in [-0.15, -0.1) is 0 Å². The molecule has 0 bridgehead atoms. The van der Waals surface area contributed by atoms with Crippen LogP contribution in [0, 0.1) is 17.3 Å². The van der Waals surface area contributed by atoms with E-state index in [1.807, 2.05) is 6.92 Å². The summed E-state index contributed by atoms with van der Waals surface area (Å²) in [6, 6.07) is 0. The van der Waals surface area contributed by atoms with Crippen molar-refractivity contribution in [3.05, 3.63) is 47.2 Å². The number of aldehydes is 1. The van der Waals surface area contributed by atoms with E-state index in [0.29, 0.717) is 6.42 Å². The minimum Gasteiger partial charge on any atom is -0.457 e. The number of likely N-dealkylation sites (tertiary alicyclic amines) is 1. The first-order valence-electron chi connectivity index (χ1n) is 12.9. The number of piperidine rings is 1. The van der Waals surface area contributed by atoms with E-state index in [-0.39, 0.29) is 17.8 Å². The van der Waals surface area contributed by atoms with Crippen LogP contribution in [0.25, 0.3) is 0 Å². The van der Waals surface area contributed by atoms with Crippen LogP contribution in [0.3, 0.4) is 0 Å². The zero-order valence-electron chi connectivity index (χ0n) is 21.2. The molecule has 1 saturated carbocycles. The summed E-state index contributed by atoms with van der Waals surface area (Å²) in [7, 11) is 0. The highest BCUT2D eigenvalue weighted by molar-refractivity contribution is 5.83. The molecule has 0 unspecified atom stereocenters. The van der Waals surface area contributed by atoms with E-state index in [0.717, 1.165) is 62.7 Å². The lowest BCUT2D eigenvalue weighted by Gasteiger charge is -2.58. The molecular formula is C29H43NO3. The van der Waals surface area contributed by atoms with E-state index >= 15 is 0 Å². The van der Waals surface area contributed by atoms with Crippen molar-refractivity contribution in [1.82, 2.24) is 4.90 Å². The Morgan fingerprint density at radius 3 is 2.61 bits per heavy atom. The van der Waals surface area contributed by atoms with Gasteiger partial charge in [0.1, 0.15) is 12.4 Å². The van der Waals surface area contributed by atoms with Crippen LogP contribution in [-0.4, -0.2) is 36.3 Å². The maximum absolute atomic E-state index is 13.0. The quantitative estimate of drug-likeness (QED) is 0.190. The number of carbonyl (C=O) groups excluding carboxylic acids is 2. The molecule has 2 fully saturated rings. The number of ether oxygens (including phenoxy) is 1. The molecule has 4 nitrogen and oxygen atoms in total. The van der Waals surface area contributed by atoms with Crippen molar-refractivity contribution in [3.8, 4) is 0 Å². The summed E-state index contributed by atoms with van der Waals surface area (Å²) in [5, 5.41) is 0. The van der Waals surface area contributed by atoms with Gasteiger partial charge in [-0.1, -0.05) is 35.5 Å². The van der Waals surface area contributed by atoms with Gasteiger partial charge in [0, 0.05) is 30.8 Å². The van der Waals surface area contributed by atoms with Crippen LogP contribution < -0.4 is 0 Å². The van der Waals surface area contributed by atoms with Crippen LogP contribution >= 0.6 is 0 Å².